The average molecular weight is 373 g/mol. The van der Waals surface area contributed by atoms with Crippen LogP contribution in [0.4, 0.5) is 0 Å². The van der Waals surface area contributed by atoms with Gasteiger partial charge in [-0.2, -0.15) is 11.8 Å². The fourth-order valence-electron chi connectivity index (χ4n) is 1.92. The summed E-state index contributed by atoms with van der Waals surface area (Å²) < 4.78 is 4.41. The number of methoxy groups -OCH3 is 1. The summed E-state index contributed by atoms with van der Waals surface area (Å²) in [5.74, 6) is -0.412. The quantitative estimate of drug-likeness (QED) is 0.428. The molecule has 21 heavy (non-hydrogen) atoms. The Bertz CT molecular complexity index is 525. The Balaban J connectivity index is 3.31. The predicted molar refractivity (Wildman–Crippen MR) is 88.1 cm³/mol. The summed E-state index contributed by atoms with van der Waals surface area (Å²) in [7, 11) is 1.28. The normalized spacial score (nSPS) is 13.0. The molecule has 0 saturated heterocycles. The third kappa shape index (κ3) is 4.55. The van der Waals surface area contributed by atoms with E-state index in [1.54, 1.807) is 22.5 Å². The first kappa shape index (κ1) is 18.7. The highest BCUT2D eigenvalue weighted by molar-refractivity contribution is 7.98. The van der Waals surface area contributed by atoms with Crippen molar-refractivity contribution >= 4 is 58.3 Å². The third-order valence-electron chi connectivity index (χ3n) is 2.99. The van der Waals surface area contributed by atoms with Crippen molar-refractivity contribution in [1.82, 2.24) is 4.57 Å². The van der Waals surface area contributed by atoms with Gasteiger partial charge >= 0.3 is 5.97 Å². The molecule has 0 aliphatic carbocycles. The summed E-state index contributed by atoms with van der Waals surface area (Å²) in [6, 6.07) is 1.45. The van der Waals surface area contributed by atoms with E-state index in [0.717, 1.165) is 12.2 Å². The van der Waals surface area contributed by atoms with Crippen LogP contribution in [0.3, 0.4) is 0 Å². The van der Waals surface area contributed by atoms with Gasteiger partial charge in [0.2, 0.25) is 5.78 Å². The lowest BCUT2D eigenvalue weighted by atomic mass is 10.2. The van der Waals surface area contributed by atoms with Crippen LogP contribution in [0.2, 0.25) is 0 Å². The van der Waals surface area contributed by atoms with Crippen molar-refractivity contribution in [2.45, 2.75) is 23.2 Å². The minimum absolute atomic E-state index is 0.0472. The van der Waals surface area contributed by atoms with E-state index in [2.05, 4.69) is 0 Å². The molecule has 0 fully saturated rings. The number of aromatic nitrogens is 1. The Morgan fingerprint density at radius 3 is 2.48 bits per heavy atom. The van der Waals surface area contributed by atoms with Gasteiger partial charge in [-0.1, -0.05) is 41.7 Å². The number of Topliss-reactive ketones (excluding diaryl/α,β-unsaturated/α-hetero) is 1. The van der Waals surface area contributed by atoms with Crippen molar-refractivity contribution in [2.75, 3.05) is 19.1 Å². The molecule has 0 spiro atoms. The maximum Gasteiger partial charge on any atom is 0.354 e. The lowest BCUT2D eigenvalue weighted by Gasteiger charge is -2.18. The van der Waals surface area contributed by atoms with E-state index < -0.39 is 15.5 Å². The van der Waals surface area contributed by atoms with E-state index in [9.17, 15) is 9.59 Å². The second-order valence-corrected chi connectivity index (χ2v) is 7.55. The summed E-state index contributed by atoms with van der Waals surface area (Å²) in [6.07, 6.45) is 4.30. The van der Waals surface area contributed by atoms with Gasteiger partial charge < -0.3 is 9.30 Å². The Hall–Kier alpha value is -0.360. The second-order valence-electron chi connectivity index (χ2n) is 4.36. The Morgan fingerprint density at radius 2 is 2.05 bits per heavy atom. The number of hydrogen-bond donors (Lipinski definition) is 0. The second kappa shape index (κ2) is 7.77. The Labute approximate surface area is 143 Å². The number of nitrogens with zero attached hydrogens (tertiary/aromatic N) is 1. The van der Waals surface area contributed by atoms with Crippen molar-refractivity contribution in [3.05, 3.63) is 23.5 Å². The molecular weight excluding hydrogens is 357 g/mol. The highest BCUT2D eigenvalue weighted by Gasteiger charge is 2.34. The molecule has 0 aromatic carbocycles. The summed E-state index contributed by atoms with van der Waals surface area (Å²) in [6.45, 7) is 2.00. The Kier molecular flexibility index (Phi) is 6.91. The molecule has 0 bridgehead atoms. The van der Waals surface area contributed by atoms with Crippen molar-refractivity contribution in [3.8, 4) is 0 Å². The smallest absolute Gasteiger partial charge is 0.354 e. The van der Waals surface area contributed by atoms with Crippen LogP contribution in [0, 0.1) is 0 Å². The van der Waals surface area contributed by atoms with Gasteiger partial charge in [0.05, 0.1) is 7.11 Å². The SMILES string of the molecule is CCC(CSC)n1cc(C(=O)C(Cl)(Cl)Cl)cc1C(=O)OC. The summed E-state index contributed by atoms with van der Waals surface area (Å²) in [5, 5.41) is 0. The van der Waals surface area contributed by atoms with Crippen LogP contribution in [0.5, 0.6) is 0 Å². The monoisotopic (exact) mass is 371 g/mol. The molecule has 4 nitrogen and oxygen atoms in total. The van der Waals surface area contributed by atoms with Crippen LogP contribution >= 0.6 is 46.6 Å². The largest absolute Gasteiger partial charge is 0.464 e. The van der Waals surface area contributed by atoms with Gasteiger partial charge in [-0.25, -0.2) is 4.79 Å². The van der Waals surface area contributed by atoms with E-state index in [0.29, 0.717) is 0 Å². The van der Waals surface area contributed by atoms with E-state index in [1.807, 2.05) is 13.2 Å². The number of hydrogen-bond acceptors (Lipinski definition) is 4. The molecule has 1 rings (SSSR count). The maximum atomic E-state index is 12.0. The molecule has 118 valence electrons. The van der Waals surface area contributed by atoms with Crippen LogP contribution in [-0.2, 0) is 4.74 Å². The summed E-state index contributed by atoms with van der Waals surface area (Å²) in [5.41, 5.74) is 0.450. The fourth-order valence-corrected chi connectivity index (χ4v) is 3.03. The van der Waals surface area contributed by atoms with Crippen LogP contribution in [0.15, 0.2) is 12.3 Å². The molecule has 1 aromatic rings. The zero-order valence-corrected chi connectivity index (χ0v) is 14.9. The van der Waals surface area contributed by atoms with Crippen molar-refractivity contribution in [2.24, 2.45) is 0 Å². The van der Waals surface area contributed by atoms with Gasteiger partial charge in [-0.3, -0.25) is 4.79 Å². The molecule has 0 radical (unpaired) electrons. The number of carbonyl (C=O) groups excluding carboxylic acids is 2. The van der Waals surface area contributed by atoms with Gasteiger partial charge in [0.1, 0.15) is 5.69 Å². The maximum absolute atomic E-state index is 12.0. The molecule has 1 unspecified atom stereocenters. The van der Waals surface area contributed by atoms with E-state index in [4.69, 9.17) is 39.5 Å². The Morgan fingerprint density at radius 1 is 1.43 bits per heavy atom. The highest BCUT2D eigenvalue weighted by atomic mass is 35.6. The highest BCUT2D eigenvalue weighted by Crippen LogP contribution is 2.32. The van der Waals surface area contributed by atoms with Crippen molar-refractivity contribution in [1.29, 1.82) is 0 Å². The lowest BCUT2D eigenvalue weighted by molar-refractivity contribution is 0.0586. The summed E-state index contributed by atoms with van der Waals surface area (Å²) >= 11 is 18.5. The van der Waals surface area contributed by atoms with Crippen LogP contribution in [-0.4, -0.2) is 39.2 Å². The lowest BCUT2D eigenvalue weighted by Crippen LogP contribution is -2.18. The van der Waals surface area contributed by atoms with Gasteiger partial charge in [0.25, 0.3) is 3.79 Å². The third-order valence-corrected chi connectivity index (χ3v) is 4.22. The first-order valence-corrected chi connectivity index (χ1v) is 8.69. The molecular formula is C13H16Cl3NO3S. The number of ketones is 1. The molecule has 0 N–H and O–H groups in total. The predicted octanol–water partition coefficient (Wildman–Crippen LogP) is 4.14. The van der Waals surface area contributed by atoms with Crippen LogP contribution in [0.1, 0.15) is 40.2 Å². The van der Waals surface area contributed by atoms with E-state index >= 15 is 0 Å². The fraction of sp³-hybridized carbons (Fsp3) is 0.538. The van der Waals surface area contributed by atoms with Crippen molar-refractivity contribution in [3.63, 3.8) is 0 Å². The number of carbonyl (C=O) groups is 2. The molecule has 8 heteroatoms. The molecule has 1 aromatic heterocycles. The van der Waals surface area contributed by atoms with E-state index in [-0.39, 0.29) is 17.3 Å². The minimum Gasteiger partial charge on any atom is -0.464 e. The zero-order chi connectivity index (χ0) is 16.2. The first-order valence-electron chi connectivity index (χ1n) is 6.16. The molecule has 0 aliphatic rings. The van der Waals surface area contributed by atoms with Gasteiger partial charge in [-0.05, 0) is 18.7 Å². The van der Waals surface area contributed by atoms with E-state index in [1.165, 1.54) is 13.2 Å². The van der Waals surface area contributed by atoms with Crippen LogP contribution in [0.25, 0.3) is 0 Å². The summed E-state index contributed by atoms with van der Waals surface area (Å²) in [4.78, 5) is 23.9. The first-order chi connectivity index (χ1) is 9.76. The number of ether oxygens (including phenoxy) is 1. The average Bonchev–Trinajstić information content (AvgIpc) is 2.86. The number of esters is 1. The van der Waals surface area contributed by atoms with Gasteiger partial charge in [0.15, 0.2) is 0 Å². The number of alkyl halides is 3. The van der Waals surface area contributed by atoms with Crippen LogP contribution < -0.4 is 0 Å². The molecule has 1 atom stereocenters. The topological polar surface area (TPSA) is 48.3 Å². The zero-order valence-electron chi connectivity index (χ0n) is 11.9. The van der Waals surface area contributed by atoms with Gasteiger partial charge in [0, 0.05) is 23.6 Å². The van der Waals surface area contributed by atoms with Gasteiger partial charge in [-0.15, -0.1) is 0 Å². The van der Waals surface area contributed by atoms with Crippen molar-refractivity contribution < 1.29 is 14.3 Å². The molecule has 0 saturated carbocycles. The molecule has 0 aliphatic heterocycles. The number of rotatable bonds is 6. The minimum atomic E-state index is -2.05. The molecule has 1 heterocycles. The standard InChI is InChI=1S/C13H16Cl3NO3S/c1-4-9(7-21-3)17-6-8(11(18)13(14,15)16)5-10(17)12(19)20-2/h5-6,9H,4,7H2,1-3H3. The number of halogens is 3. The number of thioether (sulfide) groups is 1. The molecule has 0 amide bonds.